The molecule has 3 aromatic rings. The number of benzene rings is 2. The number of carbonyl (C=O) groups excluding carboxylic acids is 1. The van der Waals surface area contributed by atoms with E-state index in [0.717, 1.165) is 24.2 Å². The SMILES string of the molecule is C[C@H]1COCCN1c1cc(-c2cccc(S(C)(=O)=O)c2)nc(-c2ccc(NC(=O)NC3CC3)cc2)n1. The number of hydrogen-bond donors (Lipinski definition) is 2. The van der Waals surface area contributed by atoms with Crippen LogP contribution in [0, 0.1) is 0 Å². The van der Waals surface area contributed by atoms with Gasteiger partial charge in [0.1, 0.15) is 5.82 Å². The molecule has 2 N–H and O–H groups in total. The topological polar surface area (TPSA) is 114 Å². The molecule has 1 saturated carbocycles. The lowest BCUT2D eigenvalue weighted by molar-refractivity contribution is 0.0985. The molecule has 2 aliphatic rings. The minimum absolute atomic E-state index is 0.133. The van der Waals surface area contributed by atoms with Crippen LogP contribution < -0.4 is 15.5 Å². The van der Waals surface area contributed by atoms with Gasteiger partial charge in [0.2, 0.25) is 0 Å². The van der Waals surface area contributed by atoms with Crippen LogP contribution in [0.15, 0.2) is 59.5 Å². The fraction of sp³-hybridized carbons (Fsp3) is 0.346. The molecule has 1 aromatic heterocycles. The number of ether oxygens (including phenoxy) is 1. The molecule has 36 heavy (non-hydrogen) atoms. The number of anilines is 2. The predicted molar refractivity (Wildman–Crippen MR) is 139 cm³/mol. The van der Waals surface area contributed by atoms with Crippen molar-refractivity contribution >= 4 is 27.4 Å². The Bertz CT molecular complexity index is 1370. The molecular weight excluding hydrogens is 478 g/mol. The number of amides is 2. The summed E-state index contributed by atoms with van der Waals surface area (Å²) in [5.74, 6) is 1.27. The Morgan fingerprint density at radius 2 is 1.83 bits per heavy atom. The minimum atomic E-state index is -3.36. The molecule has 5 rings (SSSR count). The number of carbonyl (C=O) groups is 1. The third-order valence-corrected chi connectivity index (χ3v) is 7.36. The number of aromatic nitrogens is 2. The van der Waals surface area contributed by atoms with Crippen molar-refractivity contribution < 1.29 is 17.9 Å². The highest BCUT2D eigenvalue weighted by atomic mass is 32.2. The Labute approximate surface area is 210 Å². The number of nitrogens with zero attached hydrogens (tertiary/aromatic N) is 3. The van der Waals surface area contributed by atoms with Crippen LogP contribution in [0.2, 0.25) is 0 Å². The molecule has 10 heteroatoms. The number of sulfone groups is 1. The number of nitrogens with one attached hydrogen (secondary N) is 2. The first-order valence-electron chi connectivity index (χ1n) is 12.0. The quantitative estimate of drug-likeness (QED) is 0.523. The summed E-state index contributed by atoms with van der Waals surface area (Å²) in [5, 5.41) is 5.75. The van der Waals surface area contributed by atoms with E-state index in [4.69, 9.17) is 14.7 Å². The predicted octanol–water partition coefficient (Wildman–Crippen LogP) is 3.72. The van der Waals surface area contributed by atoms with Gasteiger partial charge in [-0.25, -0.2) is 23.2 Å². The Kier molecular flexibility index (Phi) is 6.63. The van der Waals surface area contributed by atoms with Crippen LogP contribution >= 0.6 is 0 Å². The van der Waals surface area contributed by atoms with Gasteiger partial charge in [-0.1, -0.05) is 12.1 Å². The Morgan fingerprint density at radius 3 is 2.53 bits per heavy atom. The molecule has 9 nitrogen and oxygen atoms in total. The zero-order valence-corrected chi connectivity index (χ0v) is 21.1. The summed E-state index contributed by atoms with van der Waals surface area (Å²) in [7, 11) is -3.36. The summed E-state index contributed by atoms with van der Waals surface area (Å²) in [6.45, 7) is 3.98. The molecule has 0 radical (unpaired) electrons. The van der Waals surface area contributed by atoms with E-state index in [1.165, 1.54) is 6.26 Å². The van der Waals surface area contributed by atoms with Crippen molar-refractivity contribution in [2.24, 2.45) is 0 Å². The van der Waals surface area contributed by atoms with Crippen LogP contribution in [0.4, 0.5) is 16.3 Å². The van der Waals surface area contributed by atoms with Gasteiger partial charge < -0.3 is 20.3 Å². The summed E-state index contributed by atoms with van der Waals surface area (Å²) >= 11 is 0. The second kappa shape index (κ2) is 9.87. The Hall–Kier alpha value is -3.50. The van der Waals surface area contributed by atoms with Gasteiger partial charge in [0.25, 0.3) is 0 Å². The minimum Gasteiger partial charge on any atom is -0.377 e. The maximum absolute atomic E-state index is 12.1. The lowest BCUT2D eigenvalue weighted by Crippen LogP contribution is -2.44. The fourth-order valence-corrected chi connectivity index (χ4v) is 4.76. The summed E-state index contributed by atoms with van der Waals surface area (Å²) in [6.07, 6.45) is 3.24. The molecule has 1 atom stereocenters. The summed E-state index contributed by atoms with van der Waals surface area (Å²) < 4.78 is 29.9. The van der Waals surface area contributed by atoms with Gasteiger partial charge in [0.15, 0.2) is 15.7 Å². The summed E-state index contributed by atoms with van der Waals surface area (Å²) in [5.41, 5.74) is 2.78. The van der Waals surface area contributed by atoms with E-state index >= 15 is 0 Å². The van der Waals surface area contributed by atoms with Crippen LogP contribution in [0.3, 0.4) is 0 Å². The molecule has 1 aliphatic heterocycles. The molecule has 188 valence electrons. The highest BCUT2D eigenvalue weighted by Crippen LogP contribution is 2.29. The first-order chi connectivity index (χ1) is 17.3. The molecule has 2 fully saturated rings. The molecule has 1 saturated heterocycles. The van der Waals surface area contributed by atoms with Crippen molar-refractivity contribution in [3.05, 3.63) is 54.6 Å². The second-order valence-corrected chi connectivity index (χ2v) is 11.3. The lowest BCUT2D eigenvalue weighted by Gasteiger charge is -2.34. The molecule has 2 aromatic carbocycles. The van der Waals surface area contributed by atoms with Gasteiger partial charge in [0, 0.05) is 41.7 Å². The molecule has 2 heterocycles. The number of rotatable bonds is 6. The van der Waals surface area contributed by atoms with Gasteiger partial charge in [-0.05, 0) is 56.2 Å². The normalized spacial score (nSPS) is 18.1. The van der Waals surface area contributed by atoms with Crippen molar-refractivity contribution in [2.45, 2.75) is 36.7 Å². The highest BCUT2D eigenvalue weighted by molar-refractivity contribution is 7.90. The number of morpholine rings is 1. The van der Waals surface area contributed by atoms with Crippen LogP contribution in [-0.2, 0) is 14.6 Å². The van der Waals surface area contributed by atoms with Crippen molar-refractivity contribution in [1.82, 2.24) is 15.3 Å². The van der Waals surface area contributed by atoms with Crippen molar-refractivity contribution in [3.63, 3.8) is 0 Å². The summed E-state index contributed by atoms with van der Waals surface area (Å²) in [6, 6.07) is 16.3. The van der Waals surface area contributed by atoms with Crippen LogP contribution in [0.25, 0.3) is 22.6 Å². The second-order valence-electron chi connectivity index (χ2n) is 9.30. The number of hydrogen-bond acceptors (Lipinski definition) is 7. The Balaban J connectivity index is 1.50. The van der Waals surface area contributed by atoms with Crippen LogP contribution in [0.5, 0.6) is 0 Å². The largest absolute Gasteiger partial charge is 0.377 e. The monoisotopic (exact) mass is 507 g/mol. The maximum atomic E-state index is 12.1. The Morgan fingerprint density at radius 1 is 1.06 bits per heavy atom. The van der Waals surface area contributed by atoms with E-state index in [0.29, 0.717) is 42.5 Å². The smallest absolute Gasteiger partial charge is 0.319 e. The van der Waals surface area contributed by atoms with E-state index in [-0.39, 0.29) is 23.0 Å². The molecular formula is C26H29N5O4S. The third kappa shape index (κ3) is 5.66. The van der Waals surface area contributed by atoms with E-state index in [2.05, 4.69) is 22.5 Å². The first-order valence-corrected chi connectivity index (χ1v) is 13.9. The van der Waals surface area contributed by atoms with Gasteiger partial charge in [0.05, 0.1) is 29.8 Å². The van der Waals surface area contributed by atoms with Crippen molar-refractivity contribution in [3.8, 4) is 22.6 Å². The van der Waals surface area contributed by atoms with Gasteiger partial charge in [-0.2, -0.15) is 0 Å². The van der Waals surface area contributed by atoms with E-state index in [1.807, 2.05) is 36.4 Å². The number of urea groups is 1. The van der Waals surface area contributed by atoms with E-state index in [9.17, 15) is 13.2 Å². The highest BCUT2D eigenvalue weighted by Gasteiger charge is 2.24. The van der Waals surface area contributed by atoms with Crippen molar-refractivity contribution in [1.29, 1.82) is 0 Å². The van der Waals surface area contributed by atoms with Crippen LogP contribution in [0.1, 0.15) is 19.8 Å². The zero-order valence-electron chi connectivity index (χ0n) is 20.3. The fourth-order valence-electron chi connectivity index (χ4n) is 4.09. The average Bonchev–Trinajstić information content (AvgIpc) is 3.68. The molecule has 0 unspecified atom stereocenters. The first kappa shape index (κ1) is 24.2. The summed E-state index contributed by atoms with van der Waals surface area (Å²) in [4.78, 5) is 24.1. The van der Waals surface area contributed by atoms with Crippen molar-refractivity contribution in [2.75, 3.05) is 36.2 Å². The van der Waals surface area contributed by atoms with Gasteiger partial charge in [-0.3, -0.25) is 0 Å². The third-order valence-electron chi connectivity index (χ3n) is 6.25. The lowest BCUT2D eigenvalue weighted by atomic mass is 10.1. The van der Waals surface area contributed by atoms with Gasteiger partial charge >= 0.3 is 6.03 Å². The molecule has 2 amide bonds. The molecule has 0 spiro atoms. The molecule has 1 aliphatic carbocycles. The standard InChI is InChI=1S/C26H29N5O4S/c1-17-16-35-13-12-31(17)24-15-23(19-4-3-5-22(14-19)36(2,33)34)29-25(30-24)18-6-8-20(9-7-18)27-26(32)28-21-10-11-21/h3-9,14-15,17,21H,10-13,16H2,1-2H3,(H2,27,28,32)/t17-/m0/s1. The van der Waals surface area contributed by atoms with E-state index < -0.39 is 9.84 Å². The van der Waals surface area contributed by atoms with Gasteiger partial charge in [-0.15, -0.1) is 0 Å². The van der Waals surface area contributed by atoms with Crippen LogP contribution in [-0.4, -0.2) is 62.5 Å². The molecule has 0 bridgehead atoms. The maximum Gasteiger partial charge on any atom is 0.319 e. The van der Waals surface area contributed by atoms with E-state index in [1.54, 1.807) is 18.2 Å². The zero-order chi connectivity index (χ0) is 25.3. The average molecular weight is 508 g/mol.